The number of benzene rings is 1. The lowest BCUT2D eigenvalue weighted by Gasteiger charge is -2.45. The molecule has 0 saturated carbocycles. The van der Waals surface area contributed by atoms with Crippen LogP contribution >= 0.6 is 0 Å². The number of Topliss-reactive ketones (excluding diaryl/α,β-unsaturated/α-hetero) is 1. The molecule has 2 atom stereocenters. The Hall–Kier alpha value is -2.11. The summed E-state index contributed by atoms with van der Waals surface area (Å²) in [7, 11) is 0. The van der Waals surface area contributed by atoms with E-state index in [1.807, 2.05) is 6.92 Å². The standard InChI is InChI=1S/C19H24O5/c1-5-12-23-19(13(2)8-7-11-18(19,4)22)24-16-10-6-9-15(21)17(16)14(3)20/h6-11,21-22H,5,12H2,1-4H3. The predicted octanol–water partition coefficient (Wildman–Crippen LogP) is 3.36. The smallest absolute Gasteiger partial charge is 0.265 e. The molecule has 5 nitrogen and oxygen atoms in total. The van der Waals surface area contributed by atoms with Crippen molar-refractivity contribution in [2.75, 3.05) is 6.61 Å². The summed E-state index contributed by atoms with van der Waals surface area (Å²) in [5, 5.41) is 20.9. The second-order valence-corrected chi connectivity index (χ2v) is 6.13. The maximum atomic E-state index is 11.9. The Morgan fingerprint density at radius 2 is 2.04 bits per heavy atom. The van der Waals surface area contributed by atoms with Gasteiger partial charge in [-0.15, -0.1) is 0 Å². The first-order valence-corrected chi connectivity index (χ1v) is 8.00. The number of aromatic hydroxyl groups is 1. The Labute approximate surface area is 142 Å². The molecule has 0 bridgehead atoms. The van der Waals surface area contributed by atoms with Crippen molar-refractivity contribution in [2.24, 2.45) is 0 Å². The summed E-state index contributed by atoms with van der Waals surface area (Å²) in [5.74, 6) is -1.81. The van der Waals surface area contributed by atoms with Crippen molar-refractivity contribution < 1.29 is 24.5 Å². The number of hydrogen-bond acceptors (Lipinski definition) is 5. The normalized spacial score (nSPS) is 26.1. The van der Waals surface area contributed by atoms with Gasteiger partial charge in [0.1, 0.15) is 22.7 Å². The van der Waals surface area contributed by atoms with Crippen LogP contribution in [0.1, 0.15) is 44.5 Å². The summed E-state index contributed by atoms with van der Waals surface area (Å²) < 4.78 is 12.0. The van der Waals surface area contributed by atoms with Crippen molar-refractivity contribution in [1.82, 2.24) is 0 Å². The number of hydrogen-bond donors (Lipinski definition) is 2. The van der Waals surface area contributed by atoms with E-state index in [2.05, 4.69) is 0 Å². The molecule has 1 aliphatic carbocycles. The first kappa shape index (κ1) is 18.2. The Morgan fingerprint density at radius 3 is 2.62 bits per heavy atom. The Kier molecular flexibility index (Phi) is 5.16. The number of ketones is 1. The summed E-state index contributed by atoms with van der Waals surface area (Å²) in [5.41, 5.74) is -0.711. The van der Waals surface area contributed by atoms with Crippen molar-refractivity contribution in [1.29, 1.82) is 0 Å². The molecule has 130 valence electrons. The van der Waals surface area contributed by atoms with Gasteiger partial charge in [-0.1, -0.05) is 25.1 Å². The van der Waals surface area contributed by atoms with Gasteiger partial charge in [-0.05, 0) is 45.4 Å². The number of phenols is 1. The highest BCUT2D eigenvalue weighted by Gasteiger charge is 2.52. The van der Waals surface area contributed by atoms with Crippen LogP contribution in [0.4, 0.5) is 0 Å². The van der Waals surface area contributed by atoms with Gasteiger partial charge < -0.3 is 19.7 Å². The maximum absolute atomic E-state index is 11.9. The van der Waals surface area contributed by atoms with Crippen molar-refractivity contribution in [3.63, 3.8) is 0 Å². The highest BCUT2D eigenvalue weighted by Crippen LogP contribution is 2.41. The van der Waals surface area contributed by atoms with Gasteiger partial charge >= 0.3 is 0 Å². The topological polar surface area (TPSA) is 76.0 Å². The molecule has 5 heteroatoms. The third-order valence-corrected chi connectivity index (χ3v) is 4.07. The zero-order valence-electron chi connectivity index (χ0n) is 14.5. The maximum Gasteiger partial charge on any atom is 0.265 e. The summed E-state index contributed by atoms with van der Waals surface area (Å²) in [4.78, 5) is 11.9. The minimum Gasteiger partial charge on any atom is -0.507 e. The van der Waals surface area contributed by atoms with E-state index in [4.69, 9.17) is 9.47 Å². The van der Waals surface area contributed by atoms with Crippen LogP contribution in [-0.4, -0.2) is 34.0 Å². The number of aliphatic hydroxyl groups is 1. The molecule has 2 unspecified atom stereocenters. The highest BCUT2D eigenvalue weighted by molar-refractivity contribution is 5.99. The van der Waals surface area contributed by atoms with Crippen LogP contribution in [0, 0.1) is 0 Å². The molecule has 0 amide bonds. The van der Waals surface area contributed by atoms with Gasteiger partial charge in [0.25, 0.3) is 5.79 Å². The molecule has 24 heavy (non-hydrogen) atoms. The van der Waals surface area contributed by atoms with Crippen molar-refractivity contribution in [3.05, 3.63) is 47.6 Å². The zero-order valence-corrected chi connectivity index (χ0v) is 14.5. The minimum atomic E-state index is -1.48. The van der Waals surface area contributed by atoms with Crippen LogP contribution in [0.15, 0.2) is 42.0 Å². The molecule has 0 radical (unpaired) electrons. The lowest BCUT2D eigenvalue weighted by Crippen LogP contribution is -2.59. The number of rotatable bonds is 6. The van der Waals surface area contributed by atoms with E-state index in [0.29, 0.717) is 12.2 Å². The molecule has 1 aliphatic rings. The number of allylic oxidation sites excluding steroid dienone is 2. The fourth-order valence-corrected chi connectivity index (χ4v) is 2.83. The first-order valence-electron chi connectivity index (χ1n) is 8.00. The average Bonchev–Trinajstić information content (AvgIpc) is 2.49. The number of carbonyl (C=O) groups is 1. The van der Waals surface area contributed by atoms with Crippen molar-refractivity contribution in [3.8, 4) is 11.5 Å². The zero-order chi connectivity index (χ0) is 18.0. The quantitative estimate of drug-likeness (QED) is 0.617. The van der Waals surface area contributed by atoms with Crippen LogP contribution in [0.2, 0.25) is 0 Å². The second-order valence-electron chi connectivity index (χ2n) is 6.13. The number of phenolic OH excluding ortho intramolecular Hbond substituents is 1. The second kappa shape index (κ2) is 6.79. The number of carbonyl (C=O) groups excluding carboxylic acids is 1. The largest absolute Gasteiger partial charge is 0.507 e. The average molecular weight is 332 g/mol. The Balaban J connectivity index is 2.56. The summed E-state index contributed by atoms with van der Waals surface area (Å²) in [6, 6.07) is 4.58. The van der Waals surface area contributed by atoms with Gasteiger partial charge in [-0.25, -0.2) is 0 Å². The van der Waals surface area contributed by atoms with Crippen molar-refractivity contribution >= 4 is 5.78 Å². The van der Waals surface area contributed by atoms with Gasteiger partial charge in [-0.3, -0.25) is 4.79 Å². The van der Waals surface area contributed by atoms with Crippen LogP contribution in [-0.2, 0) is 4.74 Å². The van der Waals surface area contributed by atoms with E-state index in [1.165, 1.54) is 13.0 Å². The minimum absolute atomic E-state index is 0.0649. The van der Waals surface area contributed by atoms with Crippen LogP contribution in [0.3, 0.4) is 0 Å². The monoisotopic (exact) mass is 332 g/mol. The molecular formula is C19H24O5. The lowest BCUT2D eigenvalue weighted by molar-refractivity contribution is -0.239. The highest BCUT2D eigenvalue weighted by atomic mass is 16.7. The molecule has 2 rings (SSSR count). The summed E-state index contributed by atoms with van der Waals surface area (Å²) >= 11 is 0. The molecule has 1 aromatic rings. The van der Waals surface area contributed by atoms with Crippen molar-refractivity contribution in [2.45, 2.75) is 45.5 Å². The van der Waals surface area contributed by atoms with Gasteiger partial charge in [0.2, 0.25) is 0 Å². The van der Waals surface area contributed by atoms with E-state index >= 15 is 0 Å². The number of ether oxygens (including phenoxy) is 2. The van der Waals surface area contributed by atoms with Crippen LogP contribution in [0.25, 0.3) is 0 Å². The summed E-state index contributed by atoms with van der Waals surface area (Å²) in [6.45, 7) is 7.05. The first-order chi connectivity index (χ1) is 11.2. The van der Waals surface area contributed by atoms with Gasteiger partial charge in [0, 0.05) is 5.57 Å². The molecule has 0 spiro atoms. The third kappa shape index (κ3) is 3.09. The van der Waals surface area contributed by atoms with Crippen LogP contribution < -0.4 is 4.74 Å². The van der Waals surface area contributed by atoms with E-state index in [1.54, 1.807) is 44.2 Å². The fraction of sp³-hybridized carbons (Fsp3) is 0.421. The molecule has 0 fully saturated rings. The van der Waals surface area contributed by atoms with E-state index in [-0.39, 0.29) is 22.8 Å². The SMILES string of the molecule is CCCOC1(Oc2cccc(O)c2C(C)=O)C(C)=CC=CC1(C)O. The Bertz CT molecular complexity index is 687. The van der Waals surface area contributed by atoms with Gasteiger partial charge in [-0.2, -0.15) is 0 Å². The molecule has 1 aromatic carbocycles. The summed E-state index contributed by atoms with van der Waals surface area (Å²) in [6.07, 6.45) is 5.86. The van der Waals surface area contributed by atoms with Gasteiger partial charge in [0.15, 0.2) is 5.78 Å². The van der Waals surface area contributed by atoms with E-state index < -0.39 is 11.4 Å². The van der Waals surface area contributed by atoms with Gasteiger partial charge in [0.05, 0.1) is 6.61 Å². The molecule has 2 N–H and O–H groups in total. The predicted molar refractivity (Wildman–Crippen MR) is 91.2 cm³/mol. The van der Waals surface area contributed by atoms with E-state index in [0.717, 1.165) is 6.42 Å². The fourth-order valence-electron chi connectivity index (χ4n) is 2.83. The lowest BCUT2D eigenvalue weighted by atomic mass is 9.84. The molecule has 0 aliphatic heterocycles. The Morgan fingerprint density at radius 1 is 1.33 bits per heavy atom. The molecular weight excluding hydrogens is 308 g/mol. The third-order valence-electron chi connectivity index (χ3n) is 4.07. The molecule has 0 heterocycles. The molecule has 0 aromatic heterocycles. The molecule has 0 saturated heterocycles. The van der Waals surface area contributed by atoms with E-state index in [9.17, 15) is 15.0 Å². The van der Waals surface area contributed by atoms with Crippen LogP contribution in [0.5, 0.6) is 11.5 Å².